The lowest BCUT2D eigenvalue weighted by Gasteiger charge is -2.00. The molecule has 0 aliphatic heterocycles. The normalized spacial score (nSPS) is 12.0. The number of amidine groups is 1. The molecular weight excluding hydrogens is 128 g/mol. The molecule has 0 amide bonds. The highest BCUT2D eigenvalue weighted by Gasteiger charge is 1.89. The largest absolute Gasteiger partial charge is 0.386 e. The maximum Gasteiger partial charge on any atom is 0.120 e. The molecular formula is C7H16N2O. The van der Waals surface area contributed by atoms with Crippen LogP contribution in [-0.2, 0) is 4.74 Å². The molecule has 10 heavy (non-hydrogen) atoms. The van der Waals surface area contributed by atoms with E-state index in [4.69, 9.17) is 10.5 Å². The fraction of sp³-hybridized carbons (Fsp3) is 0.857. The first-order valence-corrected chi connectivity index (χ1v) is 3.67. The van der Waals surface area contributed by atoms with Crippen LogP contribution in [0.3, 0.4) is 0 Å². The van der Waals surface area contributed by atoms with Crippen LogP contribution in [0, 0.1) is 0 Å². The van der Waals surface area contributed by atoms with E-state index in [1.807, 2.05) is 6.92 Å². The summed E-state index contributed by atoms with van der Waals surface area (Å²) < 4.78 is 5.14. The Bertz CT molecular complexity index is 102. The van der Waals surface area contributed by atoms with Crippen LogP contribution in [0.5, 0.6) is 0 Å². The van der Waals surface area contributed by atoms with Gasteiger partial charge in [-0.1, -0.05) is 6.92 Å². The van der Waals surface area contributed by atoms with Crippen molar-refractivity contribution < 1.29 is 4.74 Å². The number of rotatable bonds is 5. The summed E-state index contributed by atoms with van der Waals surface area (Å²) in [5.41, 5.74) is 5.45. The average molecular weight is 144 g/mol. The molecule has 0 aromatic heterocycles. The number of hydrogen-bond acceptors (Lipinski definition) is 2. The van der Waals surface area contributed by atoms with Gasteiger partial charge in [-0.05, 0) is 13.3 Å². The number of nitrogens with two attached hydrogens (primary N) is 1. The zero-order chi connectivity index (χ0) is 7.82. The Kier molecular flexibility index (Phi) is 6.18. The van der Waals surface area contributed by atoms with Gasteiger partial charge >= 0.3 is 0 Å². The van der Waals surface area contributed by atoms with Crippen LogP contribution in [0.15, 0.2) is 4.99 Å². The highest BCUT2D eigenvalue weighted by molar-refractivity contribution is 5.81. The summed E-state index contributed by atoms with van der Waals surface area (Å²) in [4.78, 5) is 3.97. The first-order chi connectivity index (χ1) is 4.81. The molecule has 60 valence electrons. The lowest BCUT2D eigenvalue weighted by molar-refractivity contribution is 0.171. The topological polar surface area (TPSA) is 47.6 Å². The van der Waals surface area contributed by atoms with E-state index in [0.29, 0.717) is 12.4 Å². The Hall–Kier alpha value is -0.570. The van der Waals surface area contributed by atoms with E-state index >= 15 is 0 Å². The molecule has 0 atom stereocenters. The van der Waals surface area contributed by atoms with Gasteiger partial charge in [0, 0.05) is 13.2 Å². The fourth-order valence-electron chi connectivity index (χ4n) is 0.570. The Morgan fingerprint density at radius 2 is 2.20 bits per heavy atom. The predicted octanol–water partition coefficient (Wildman–Crippen LogP) is 0.790. The molecule has 0 aromatic carbocycles. The Labute approximate surface area is 62.3 Å². The molecule has 0 heterocycles. The van der Waals surface area contributed by atoms with E-state index in [1.165, 1.54) is 0 Å². The van der Waals surface area contributed by atoms with Gasteiger partial charge in [0.2, 0.25) is 0 Å². The first kappa shape index (κ1) is 9.43. The predicted molar refractivity (Wildman–Crippen MR) is 43.3 cm³/mol. The number of nitrogens with zero attached hydrogens (tertiary/aromatic N) is 1. The van der Waals surface area contributed by atoms with Gasteiger partial charge in [-0.3, -0.25) is 4.99 Å². The van der Waals surface area contributed by atoms with Crippen LogP contribution in [0.1, 0.15) is 20.3 Å². The van der Waals surface area contributed by atoms with E-state index in [-0.39, 0.29) is 0 Å². The van der Waals surface area contributed by atoms with E-state index < -0.39 is 0 Å². The van der Waals surface area contributed by atoms with Crippen LogP contribution in [0.25, 0.3) is 0 Å². The quantitative estimate of drug-likeness (QED) is 0.352. The third-order valence-corrected chi connectivity index (χ3v) is 0.960. The Balaban J connectivity index is 3.21. The Morgan fingerprint density at radius 1 is 1.50 bits per heavy atom. The van der Waals surface area contributed by atoms with Crippen molar-refractivity contribution in [1.29, 1.82) is 0 Å². The van der Waals surface area contributed by atoms with Gasteiger partial charge in [0.15, 0.2) is 0 Å². The lowest BCUT2D eigenvalue weighted by Crippen LogP contribution is -2.19. The summed E-state index contributed by atoms with van der Waals surface area (Å²) >= 11 is 0. The Morgan fingerprint density at radius 3 is 2.70 bits per heavy atom. The molecule has 0 radical (unpaired) electrons. The second-order valence-corrected chi connectivity index (χ2v) is 2.02. The van der Waals surface area contributed by atoms with Crippen molar-refractivity contribution >= 4 is 5.84 Å². The van der Waals surface area contributed by atoms with Gasteiger partial charge < -0.3 is 10.5 Å². The van der Waals surface area contributed by atoms with E-state index in [0.717, 1.165) is 19.6 Å². The second kappa shape index (κ2) is 6.55. The van der Waals surface area contributed by atoms with Crippen molar-refractivity contribution in [3.8, 4) is 0 Å². The summed E-state index contributed by atoms with van der Waals surface area (Å²) in [5, 5.41) is 0. The van der Waals surface area contributed by atoms with Crippen molar-refractivity contribution in [1.82, 2.24) is 0 Å². The van der Waals surface area contributed by atoms with Gasteiger partial charge in [-0.15, -0.1) is 0 Å². The smallest absolute Gasteiger partial charge is 0.120 e. The van der Waals surface area contributed by atoms with Gasteiger partial charge in [-0.25, -0.2) is 0 Å². The molecule has 0 bridgehead atoms. The summed E-state index contributed by atoms with van der Waals surface area (Å²) in [7, 11) is 0. The zero-order valence-electron chi connectivity index (χ0n) is 6.76. The highest BCUT2D eigenvalue weighted by atomic mass is 16.5. The molecule has 0 aliphatic rings. The number of ether oxygens (including phenoxy) is 1. The van der Waals surface area contributed by atoms with E-state index in [9.17, 15) is 0 Å². The standard InChI is InChI=1S/C7H16N2O/c1-3-5-10-6-7(8)9-4-2/h3-6H2,1-2H3,(H2,8,9). The molecule has 0 saturated heterocycles. The summed E-state index contributed by atoms with van der Waals surface area (Å²) in [6, 6.07) is 0. The molecule has 2 N–H and O–H groups in total. The lowest BCUT2D eigenvalue weighted by atomic mass is 10.5. The first-order valence-electron chi connectivity index (χ1n) is 3.67. The minimum Gasteiger partial charge on any atom is -0.386 e. The van der Waals surface area contributed by atoms with Crippen molar-refractivity contribution in [3.63, 3.8) is 0 Å². The molecule has 0 rings (SSSR count). The maximum atomic E-state index is 5.45. The van der Waals surface area contributed by atoms with E-state index in [1.54, 1.807) is 0 Å². The third-order valence-electron chi connectivity index (χ3n) is 0.960. The van der Waals surface area contributed by atoms with Crippen molar-refractivity contribution in [2.24, 2.45) is 10.7 Å². The van der Waals surface area contributed by atoms with Gasteiger partial charge in [-0.2, -0.15) is 0 Å². The van der Waals surface area contributed by atoms with Crippen molar-refractivity contribution in [3.05, 3.63) is 0 Å². The third kappa shape index (κ3) is 5.56. The van der Waals surface area contributed by atoms with Crippen LogP contribution >= 0.6 is 0 Å². The minimum absolute atomic E-state index is 0.474. The molecule has 0 saturated carbocycles. The van der Waals surface area contributed by atoms with Gasteiger partial charge in [0.25, 0.3) is 0 Å². The number of hydrogen-bond donors (Lipinski definition) is 1. The van der Waals surface area contributed by atoms with E-state index in [2.05, 4.69) is 11.9 Å². The van der Waals surface area contributed by atoms with Crippen molar-refractivity contribution in [2.75, 3.05) is 19.8 Å². The number of aliphatic imine (C=N–C) groups is 1. The monoisotopic (exact) mass is 144 g/mol. The minimum atomic E-state index is 0.474. The molecule has 0 unspecified atom stereocenters. The zero-order valence-corrected chi connectivity index (χ0v) is 6.76. The highest BCUT2D eigenvalue weighted by Crippen LogP contribution is 1.80. The molecule has 0 aliphatic carbocycles. The maximum absolute atomic E-state index is 5.45. The molecule has 3 nitrogen and oxygen atoms in total. The molecule has 3 heteroatoms. The van der Waals surface area contributed by atoms with Crippen LogP contribution in [0.2, 0.25) is 0 Å². The van der Waals surface area contributed by atoms with Crippen LogP contribution in [0.4, 0.5) is 0 Å². The SMILES string of the molecule is CCCOCC(N)=NCC. The fourth-order valence-corrected chi connectivity index (χ4v) is 0.570. The van der Waals surface area contributed by atoms with Crippen LogP contribution < -0.4 is 5.73 Å². The van der Waals surface area contributed by atoms with Gasteiger partial charge in [0.1, 0.15) is 12.4 Å². The summed E-state index contributed by atoms with van der Waals surface area (Å²) in [6.07, 6.45) is 1.03. The van der Waals surface area contributed by atoms with Crippen molar-refractivity contribution in [2.45, 2.75) is 20.3 Å². The summed E-state index contributed by atoms with van der Waals surface area (Å²) in [5.74, 6) is 0.593. The van der Waals surface area contributed by atoms with Gasteiger partial charge in [0.05, 0.1) is 0 Å². The average Bonchev–Trinajstić information content (AvgIpc) is 1.89. The molecule has 0 spiro atoms. The summed E-state index contributed by atoms with van der Waals surface area (Å²) in [6.45, 7) is 5.99. The molecule has 0 fully saturated rings. The van der Waals surface area contributed by atoms with Crippen LogP contribution in [-0.4, -0.2) is 25.6 Å². The molecule has 0 aromatic rings. The second-order valence-electron chi connectivity index (χ2n) is 2.02.